The van der Waals surface area contributed by atoms with E-state index in [0.29, 0.717) is 13.1 Å². The van der Waals surface area contributed by atoms with Crippen LogP contribution in [0.15, 0.2) is 18.2 Å². The molecule has 7 nitrogen and oxygen atoms in total. The van der Waals surface area contributed by atoms with Gasteiger partial charge in [-0.25, -0.2) is 9.18 Å². The zero-order chi connectivity index (χ0) is 18.6. The van der Waals surface area contributed by atoms with Crippen molar-refractivity contribution < 1.29 is 23.6 Å². The fraction of sp³-hybridized carbons (Fsp3) is 0.588. The normalized spacial score (nSPS) is 17.9. The monoisotopic (exact) mass is 354 g/mol. The molecule has 0 bridgehead atoms. The number of hydrogen-bond acceptors (Lipinski definition) is 5. The Morgan fingerprint density at radius 3 is 2.76 bits per heavy atom. The van der Waals surface area contributed by atoms with Gasteiger partial charge in [-0.15, -0.1) is 0 Å². The van der Waals surface area contributed by atoms with Gasteiger partial charge in [0.25, 0.3) is 5.69 Å². The van der Waals surface area contributed by atoms with Crippen molar-refractivity contribution in [1.29, 1.82) is 0 Å². The first-order chi connectivity index (χ1) is 11.7. The highest BCUT2D eigenvalue weighted by Gasteiger charge is 2.28. The highest BCUT2D eigenvalue weighted by Crippen LogP contribution is 2.25. The maximum atomic E-state index is 13.8. The van der Waals surface area contributed by atoms with Crippen molar-refractivity contribution in [2.75, 3.05) is 19.7 Å². The molecule has 1 saturated heterocycles. The maximum absolute atomic E-state index is 13.8. The molecule has 1 unspecified atom stereocenters. The van der Waals surface area contributed by atoms with Crippen molar-refractivity contribution in [3.8, 4) is 5.75 Å². The fourth-order valence-corrected chi connectivity index (χ4v) is 2.62. The third-order valence-corrected chi connectivity index (χ3v) is 3.77. The van der Waals surface area contributed by atoms with Crippen LogP contribution >= 0.6 is 0 Å². The number of nitro benzene ring substituents is 1. The molecule has 0 N–H and O–H groups in total. The summed E-state index contributed by atoms with van der Waals surface area (Å²) < 4.78 is 24.7. The lowest BCUT2D eigenvalue weighted by atomic mass is 9.99. The molecule has 0 aliphatic carbocycles. The van der Waals surface area contributed by atoms with Crippen LogP contribution in [-0.2, 0) is 4.74 Å². The van der Waals surface area contributed by atoms with Crippen molar-refractivity contribution in [3.05, 3.63) is 34.1 Å². The SMILES string of the molecule is CC(C)(C)OC(=O)N1CCCC(COc2ccc([N+](=O)[O-])cc2F)C1. The molecule has 1 amide bonds. The number of nitro groups is 1. The van der Waals surface area contributed by atoms with Gasteiger partial charge in [0.15, 0.2) is 11.6 Å². The van der Waals surface area contributed by atoms with Crippen molar-refractivity contribution >= 4 is 11.8 Å². The molecule has 8 heteroatoms. The molecule has 1 atom stereocenters. The third kappa shape index (κ3) is 5.58. The van der Waals surface area contributed by atoms with Crippen LogP contribution in [-0.4, -0.2) is 41.2 Å². The van der Waals surface area contributed by atoms with Crippen LogP contribution in [0.5, 0.6) is 5.75 Å². The summed E-state index contributed by atoms with van der Waals surface area (Å²) in [5.74, 6) is -0.746. The van der Waals surface area contributed by atoms with Crippen molar-refractivity contribution in [1.82, 2.24) is 4.90 Å². The van der Waals surface area contributed by atoms with Crippen LogP contribution in [0, 0.1) is 21.8 Å². The molecule has 1 aliphatic rings. The highest BCUT2D eigenvalue weighted by atomic mass is 19.1. The van der Waals surface area contributed by atoms with Gasteiger partial charge < -0.3 is 14.4 Å². The molecule has 0 saturated carbocycles. The van der Waals surface area contributed by atoms with Crippen molar-refractivity contribution in [3.63, 3.8) is 0 Å². The number of non-ortho nitro benzene ring substituents is 1. The smallest absolute Gasteiger partial charge is 0.410 e. The number of halogens is 1. The molecule has 138 valence electrons. The quantitative estimate of drug-likeness (QED) is 0.607. The van der Waals surface area contributed by atoms with E-state index >= 15 is 0 Å². The van der Waals surface area contributed by atoms with Gasteiger partial charge in [-0.2, -0.15) is 0 Å². The first kappa shape index (κ1) is 19.0. The number of hydrogen-bond donors (Lipinski definition) is 0. The highest BCUT2D eigenvalue weighted by molar-refractivity contribution is 5.68. The summed E-state index contributed by atoms with van der Waals surface area (Å²) in [5.41, 5.74) is -0.874. The first-order valence-corrected chi connectivity index (χ1v) is 8.20. The van der Waals surface area contributed by atoms with Gasteiger partial charge >= 0.3 is 6.09 Å². The van der Waals surface area contributed by atoms with Crippen LogP contribution in [0.4, 0.5) is 14.9 Å². The third-order valence-electron chi connectivity index (χ3n) is 3.77. The van der Waals surface area contributed by atoms with Crippen LogP contribution in [0.2, 0.25) is 0 Å². The summed E-state index contributed by atoms with van der Waals surface area (Å²) in [6.07, 6.45) is 1.31. The fourth-order valence-electron chi connectivity index (χ4n) is 2.62. The van der Waals surface area contributed by atoms with Crippen molar-refractivity contribution in [2.45, 2.75) is 39.2 Å². The number of carbonyl (C=O) groups is 1. The Hall–Kier alpha value is -2.38. The lowest BCUT2D eigenvalue weighted by Gasteiger charge is -2.34. The van der Waals surface area contributed by atoms with E-state index < -0.39 is 16.3 Å². The number of piperidine rings is 1. The Kier molecular flexibility index (Phi) is 5.81. The molecule has 0 spiro atoms. The summed E-state index contributed by atoms with van der Waals surface area (Å²) in [6.45, 7) is 6.77. The average Bonchev–Trinajstić information content (AvgIpc) is 2.52. The molecule has 1 aromatic carbocycles. The summed E-state index contributed by atoms with van der Waals surface area (Å²) in [6, 6.07) is 3.29. The van der Waals surface area contributed by atoms with Gasteiger partial charge in [-0.05, 0) is 39.7 Å². The Morgan fingerprint density at radius 1 is 1.44 bits per heavy atom. The van der Waals surface area contributed by atoms with E-state index in [0.717, 1.165) is 18.9 Å². The van der Waals surface area contributed by atoms with E-state index in [-0.39, 0.29) is 30.1 Å². The molecule has 0 aromatic heterocycles. The minimum absolute atomic E-state index is 0.0278. The minimum atomic E-state index is -0.769. The van der Waals surface area contributed by atoms with E-state index in [1.54, 1.807) is 4.90 Å². The summed E-state index contributed by atoms with van der Waals surface area (Å²) >= 11 is 0. The zero-order valence-corrected chi connectivity index (χ0v) is 14.7. The molecule has 1 heterocycles. The summed E-state index contributed by atoms with van der Waals surface area (Å²) in [5, 5.41) is 10.6. The van der Waals surface area contributed by atoms with Gasteiger partial charge in [-0.1, -0.05) is 0 Å². The second-order valence-electron chi connectivity index (χ2n) is 7.12. The van der Waals surface area contributed by atoms with Gasteiger partial charge in [-0.3, -0.25) is 10.1 Å². The standard InChI is InChI=1S/C17H23FN2O5/c1-17(2,3)25-16(21)19-8-4-5-12(10-19)11-24-15-7-6-13(20(22)23)9-14(15)18/h6-7,9,12H,4-5,8,10-11H2,1-3H3. The molecular formula is C17H23FN2O5. The van der Waals surface area contributed by atoms with E-state index in [1.165, 1.54) is 12.1 Å². The lowest BCUT2D eigenvalue weighted by Crippen LogP contribution is -2.44. The molecule has 1 aromatic rings. The van der Waals surface area contributed by atoms with Gasteiger partial charge in [0.2, 0.25) is 0 Å². The van der Waals surface area contributed by atoms with Crippen LogP contribution < -0.4 is 4.74 Å². The topological polar surface area (TPSA) is 81.9 Å². The number of nitrogens with zero attached hydrogens (tertiary/aromatic N) is 2. The van der Waals surface area contributed by atoms with Crippen LogP contribution in [0.1, 0.15) is 33.6 Å². The number of rotatable bonds is 4. The first-order valence-electron chi connectivity index (χ1n) is 8.20. The largest absolute Gasteiger partial charge is 0.490 e. The van der Waals surface area contributed by atoms with E-state index in [1.807, 2.05) is 20.8 Å². The Bertz CT molecular complexity index is 644. The number of likely N-dealkylation sites (tertiary alicyclic amines) is 1. The Labute approximate surface area is 145 Å². The second-order valence-corrected chi connectivity index (χ2v) is 7.12. The summed E-state index contributed by atoms with van der Waals surface area (Å²) in [7, 11) is 0. The lowest BCUT2D eigenvalue weighted by molar-refractivity contribution is -0.385. The molecule has 1 fully saturated rings. The zero-order valence-electron chi connectivity index (χ0n) is 14.7. The summed E-state index contributed by atoms with van der Waals surface area (Å²) in [4.78, 5) is 23.7. The van der Waals surface area contributed by atoms with E-state index in [9.17, 15) is 19.3 Å². The number of benzene rings is 1. The second kappa shape index (κ2) is 7.67. The average molecular weight is 354 g/mol. The maximum Gasteiger partial charge on any atom is 0.410 e. The van der Waals surface area contributed by atoms with Gasteiger partial charge in [0.05, 0.1) is 17.6 Å². The Balaban J connectivity index is 1.90. The molecule has 2 rings (SSSR count). The van der Waals surface area contributed by atoms with Crippen LogP contribution in [0.3, 0.4) is 0 Å². The van der Waals surface area contributed by atoms with Crippen LogP contribution in [0.25, 0.3) is 0 Å². The predicted octanol–water partition coefficient (Wildman–Crippen LogP) is 3.76. The number of amides is 1. The molecule has 0 radical (unpaired) electrons. The minimum Gasteiger partial charge on any atom is -0.490 e. The molecule has 25 heavy (non-hydrogen) atoms. The number of ether oxygens (including phenoxy) is 2. The van der Waals surface area contributed by atoms with Crippen molar-refractivity contribution in [2.24, 2.45) is 5.92 Å². The van der Waals surface area contributed by atoms with Gasteiger partial charge in [0, 0.05) is 25.1 Å². The Morgan fingerprint density at radius 2 is 2.16 bits per heavy atom. The predicted molar refractivity (Wildman–Crippen MR) is 89.1 cm³/mol. The number of carbonyl (C=O) groups excluding carboxylic acids is 1. The molecule has 1 aliphatic heterocycles. The van der Waals surface area contributed by atoms with E-state index in [2.05, 4.69) is 0 Å². The molecular weight excluding hydrogens is 331 g/mol. The van der Waals surface area contributed by atoms with Gasteiger partial charge in [0.1, 0.15) is 5.60 Å². The van der Waals surface area contributed by atoms with E-state index in [4.69, 9.17) is 9.47 Å².